The Morgan fingerprint density at radius 2 is 1.66 bits per heavy atom. The van der Waals surface area contributed by atoms with E-state index in [4.69, 9.17) is 30.0 Å². The van der Waals surface area contributed by atoms with Gasteiger partial charge in [-0.05, 0) is 92.8 Å². The van der Waals surface area contributed by atoms with Crippen LogP contribution in [-0.4, -0.2) is 49.0 Å². The Morgan fingerprint density at radius 3 is 2.20 bits per heavy atom. The number of nitrogens with one attached hydrogen (secondary N) is 2. The molecule has 239 valence electrons. The molecule has 1 radical (unpaired) electrons. The van der Waals surface area contributed by atoms with Crippen LogP contribution in [-0.2, 0) is 37.9 Å². The van der Waals surface area contributed by atoms with E-state index in [-0.39, 0.29) is 22.2 Å². The maximum absolute atomic E-state index is 9.00. The molecule has 3 aromatic rings. The van der Waals surface area contributed by atoms with E-state index in [9.17, 15) is 0 Å². The second-order valence-electron chi connectivity index (χ2n) is 10.4. The molecular weight excluding hydrogens is 619 g/mol. The fourth-order valence-electron chi connectivity index (χ4n) is 5.22. The molecule has 1 atom stereocenters. The summed E-state index contributed by atoms with van der Waals surface area (Å²) >= 11 is 1.10. The van der Waals surface area contributed by atoms with Gasteiger partial charge in [0.2, 0.25) is 5.90 Å². The molecule has 1 heterocycles. The molecule has 3 aromatic carbocycles. The summed E-state index contributed by atoms with van der Waals surface area (Å²) in [5, 5.41) is 25.5. The Hall–Kier alpha value is -3.12. The predicted molar refractivity (Wildman–Crippen MR) is 176 cm³/mol. The summed E-state index contributed by atoms with van der Waals surface area (Å²) in [6, 6.07) is 23.7. The average Bonchev–Trinajstić information content (AvgIpc) is 3.24. The first kappa shape index (κ1) is 37.1. The number of nitrogens with zero attached hydrogens (tertiary/aromatic N) is 2. The van der Waals surface area contributed by atoms with Crippen LogP contribution in [0, 0.1) is 10.8 Å². The van der Waals surface area contributed by atoms with E-state index < -0.39 is 5.90 Å². The van der Waals surface area contributed by atoms with Gasteiger partial charge in [-0.3, -0.25) is 5.41 Å². The monoisotopic (exact) mass is 663 g/mol. The van der Waals surface area contributed by atoms with Crippen LogP contribution >= 0.6 is 12.0 Å². The smallest absolute Gasteiger partial charge is 0.210 e. The summed E-state index contributed by atoms with van der Waals surface area (Å²) in [5.74, 6) is 0.436. The molecule has 1 aliphatic rings. The largest absolute Gasteiger partial charge is 0.497 e. The van der Waals surface area contributed by atoms with Gasteiger partial charge in [-0.1, -0.05) is 44.2 Å². The molecule has 1 unspecified atom stereocenters. The molecule has 0 saturated carbocycles. The first-order valence-electron chi connectivity index (χ1n) is 14.7. The Labute approximate surface area is 276 Å². The molecule has 0 fully saturated rings. The molecule has 1 aliphatic heterocycles. The first-order valence-corrected chi connectivity index (χ1v) is 15.4. The number of methoxy groups -OCH3 is 1. The van der Waals surface area contributed by atoms with Gasteiger partial charge in [0.15, 0.2) is 0 Å². The molecule has 0 aromatic heterocycles. The minimum atomic E-state index is -0.439. The van der Waals surface area contributed by atoms with Gasteiger partial charge in [0.1, 0.15) is 5.75 Å². The van der Waals surface area contributed by atoms with Crippen LogP contribution in [0.2, 0.25) is 0 Å². The second-order valence-corrected chi connectivity index (χ2v) is 11.1. The number of aliphatic hydroxyl groups excluding tert-OH is 1. The van der Waals surface area contributed by atoms with Gasteiger partial charge in [-0.2, -0.15) is 5.06 Å². The molecular formula is C34H44CoN4O4S. The molecule has 10 heteroatoms. The van der Waals surface area contributed by atoms with E-state index in [1.165, 1.54) is 28.7 Å². The van der Waals surface area contributed by atoms with Crippen LogP contribution < -0.4 is 9.64 Å². The molecule has 44 heavy (non-hydrogen) atoms. The van der Waals surface area contributed by atoms with E-state index in [0.29, 0.717) is 5.56 Å². The number of rotatable bonds is 14. The van der Waals surface area contributed by atoms with Crippen molar-refractivity contribution in [3.8, 4) is 5.75 Å². The Balaban J connectivity index is 0.000000309. The summed E-state index contributed by atoms with van der Waals surface area (Å²) in [6.45, 7) is 11.1. The summed E-state index contributed by atoms with van der Waals surface area (Å²) < 4.78 is 10.6. The van der Waals surface area contributed by atoms with Crippen LogP contribution in [0.3, 0.4) is 0 Å². The first-order chi connectivity index (χ1) is 20.8. The third-order valence-electron chi connectivity index (χ3n) is 7.24. The van der Waals surface area contributed by atoms with Crippen molar-refractivity contribution in [1.29, 1.82) is 10.8 Å². The molecule has 4 rings (SSSR count). The van der Waals surface area contributed by atoms with Gasteiger partial charge in [0.05, 0.1) is 19.2 Å². The van der Waals surface area contributed by atoms with Crippen molar-refractivity contribution >= 4 is 29.8 Å². The molecule has 0 bridgehead atoms. The van der Waals surface area contributed by atoms with Crippen molar-refractivity contribution in [3.63, 3.8) is 0 Å². The van der Waals surface area contributed by atoms with Gasteiger partial charge >= 0.3 is 0 Å². The average molecular weight is 664 g/mol. The summed E-state index contributed by atoms with van der Waals surface area (Å²) in [7, 11) is 1.71. The van der Waals surface area contributed by atoms with Crippen molar-refractivity contribution in [3.05, 3.63) is 101 Å². The number of benzene rings is 3. The second kappa shape index (κ2) is 18.6. The van der Waals surface area contributed by atoms with Crippen molar-refractivity contribution in [2.45, 2.75) is 57.3 Å². The van der Waals surface area contributed by atoms with E-state index >= 15 is 0 Å². The number of ether oxygens (including phenoxy) is 1. The number of anilines is 1. The van der Waals surface area contributed by atoms with Crippen LogP contribution in [0.25, 0.3) is 0 Å². The molecule has 0 saturated heterocycles. The molecule has 0 aliphatic carbocycles. The zero-order valence-electron chi connectivity index (χ0n) is 26.1. The van der Waals surface area contributed by atoms with Crippen molar-refractivity contribution in [2.75, 3.05) is 31.6 Å². The van der Waals surface area contributed by atoms with E-state index in [1.807, 2.05) is 18.2 Å². The van der Waals surface area contributed by atoms with E-state index in [2.05, 4.69) is 69.0 Å². The molecule has 8 nitrogen and oxygen atoms in total. The number of likely N-dealkylation sites (N-methyl/N-ethyl adjacent to an activating group) is 1. The zero-order chi connectivity index (χ0) is 31.2. The zero-order valence-corrected chi connectivity index (χ0v) is 28.0. The number of aliphatic hydroxyl groups is 1. The molecule has 0 spiro atoms. The summed E-state index contributed by atoms with van der Waals surface area (Å²) in [4.78, 5) is 8.36. The molecule has 3 N–H and O–H groups in total. The minimum absolute atomic E-state index is 0. The fraction of sp³-hybridized carbons (Fsp3) is 0.353. The van der Waals surface area contributed by atoms with Gasteiger partial charge < -0.3 is 20.2 Å². The van der Waals surface area contributed by atoms with Crippen LogP contribution in [0.15, 0.2) is 89.5 Å². The van der Waals surface area contributed by atoms with E-state index in [1.54, 1.807) is 36.4 Å². The van der Waals surface area contributed by atoms with Crippen molar-refractivity contribution < 1.29 is 35.9 Å². The predicted octanol–water partition coefficient (Wildman–Crippen LogP) is 8.13. The van der Waals surface area contributed by atoms with Crippen LogP contribution in [0.4, 0.5) is 5.69 Å². The Kier molecular flexibility index (Phi) is 15.7. The third-order valence-corrected chi connectivity index (χ3v) is 7.84. The topological polar surface area (TPSA) is 102 Å². The number of allylic oxidation sites excluding steroid dienone is 2. The van der Waals surface area contributed by atoms with E-state index in [0.717, 1.165) is 61.6 Å². The Morgan fingerprint density at radius 1 is 1.00 bits per heavy atom. The third kappa shape index (κ3) is 9.69. The van der Waals surface area contributed by atoms with Gasteiger partial charge in [-0.25, -0.2) is 0 Å². The van der Waals surface area contributed by atoms with Gasteiger partial charge in [0.25, 0.3) is 0 Å². The van der Waals surface area contributed by atoms with Gasteiger partial charge in [0, 0.05) is 69.9 Å². The fourth-order valence-corrected chi connectivity index (χ4v) is 5.66. The Bertz CT molecular complexity index is 1350. The number of hydrogen-bond acceptors (Lipinski definition) is 8. The summed E-state index contributed by atoms with van der Waals surface area (Å²) in [6.07, 6.45) is 6.22. The van der Waals surface area contributed by atoms with Crippen LogP contribution in [0.1, 0.15) is 57.2 Å². The molecule has 0 amide bonds. The number of fused-ring (bicyclic) bond motifs is 1. The summed E-state index contributed by atoms with van der Waals surface area (Å²) in [5.41, 5.74) is 5.24. The van der Waals surface area contributed by atoms with Crippen molar-refractivity contribution in [2.24, 2.45) is 0 Å². The van der Waals surface area contributed by atoms with Crippen LogP contribution in [0.5, 0.6) is 5.75 Å². The maximum Gasteiger partial charge on any atom is 0.210 e. The van der Waals surface area contributed by atoms with Gasteiger partial charge in [-0.15, -0.1) is 9.32 Å². The minimum Gasteiger partial charge on any atom is -0.497 e. The maximum atomic E-state index is 9.00. The number of hydrogen-bond donors (Lipinski definition) is 3. The normalized spacial score (nSPS) is 16.1. The van der Waals surface area contributed by atoms with Crippen molar-refractivity contribution in [1.82, 2.24) is 5.06 Å². The standard InChI is InChI=1S/C21H24N2O.C13H20N2O3S.Co/c1-4-23-19-11-10-17(24-3)14-18(19)21(2,20(23)12-13-22)15-16-8-6-5-7-9-16;1-3-9-15(10-4-2)17-18-19-12-7-5-11(6-8-12)13(14)16;/h5-14,22H,4,15H2,1-3H3;5-8H,3-4,9-10H2,1-2H3,(H2,14,16);/b20-12-,22-13?;;. The number of hydroxylamine groups is 2. The SMILES string of the molecule is CCCN(CCC)OOSc1ccc(C(=N)O)cc1.CCN1/C(=C\C=N)C(C)(Cc2ccccc2)c2cc(OC)ccc21.[Co]. The quantitative estimate of drug-likeness (QED) is 0.0526.